The number of nitrogens with one attached hydrogen (secondary N) is 1. The first-order valence-corrected chi connectivity index (χ1v) is 5.44. The van der Waals surface area contributed by atoms with E-state index in [1.54, 1.807) is 0 Å². The van der Waals surface area contributed by atoms with Gasteiger partial charge in [0, 0.05) is 6.54 Å². The lowest BCUT2D eigenvalue weighted by Crippen LogP contribution is -2.24. The Labute approximate surface area is 102 Å². The fourth-order valence-corrected chi connectivity index (χ4v) is 1.71. The molecular formula is C13H12F3NO. The minimum absolute atomic E-state index is 0.234. The van der Waals surface area contributed by atoms with Gasteiger partial charge in [-0.05, 0) is 16.3 Å². The molecule has 0 fully saturated rings. The molecule has 0 saturated carbocycles. The van der Waals surface area contributed by atoms with Crippen LogP contribution in [0.15, 0.2) is 42.5 Å². The van der Waals surface area contributed by atoms with E-state index in [1.807, 2.05) is 42.5 Å². The molecule has 0 aliphatic heterocycles. The fourth-order valence-electron chi connectivity index (χ4n) is 1.71. The minimum Gasteiger partial charge on any atom is -0.292 e. The highest BCUT2D eigenvalue weighted by Gasteiger charge is 2.27. The van der Waals surface area contributed by atoms with E-state index in [2.05, 4.69) is 10.3 Å². The summed E-state index contributed by atoms with van der Waals surface area (Å²) >= 11 is 0. The Morgan fingerprint density at radius 3 is 2.50 bits per heavy atom. The molecule has 0 unspecified atom stereocenters. The maximum absolute atomic E-state index is 11.9. The lowest BCUT2D eigenvalue weighted by atomic mass is 10.1. The van der Waals surface area contributed by atoms with Crippen molar-refractivity contribution in [2.45, 2.75) is 12.7 Å². The molecule has 2 aromatic carbocycles. The zero-order chi connectivity index (χ0) is 13.0. The van der Waals surface area contributed by atoms with Crippen LogP contribution in [0.4, 0.5) is 13.2 Å². The van der Waals surface area contributed by atoms with Gasteiger partial charge in [-0.25, -0.2) is 0 Å². The van der Waals surface area contributed by atoms with Gasteiger partial charge in [-0.2, -0.15) is 18.7 Å². The zero-order valence-electron chi connectivity index (χ0n) is 9.50. The van der Waals surface area contributed by atoms with E-state index in [1.165, 1.54) is 0 Å². The maximum atomic E-state index is 11.9. The molecule has 1 N–H and O–H groups in total. The van der Waals surface area contributed by atoms with Crippen molar-refractivity contribution < 1.29 is 18.0 Å². The molecule has 2 nitrogen and oxygen atoms in total. The third kappa shape index (κ3) is 3.45. The Kier molecular flexibility index (Phi) is 3.84. The van der Waals surface area contributed by atoms with Crippen molar-refractivity contribution in [3.8, 4) is 0 Å². The van der Waals surface area contributed by atoms with E-state index in [9.17, 15) is 13.2 Å². The van der Waals surface area contributed by atoms with Crippen LogP contribution < -0.4 is 5.48 Å². The van der Waals surface area contributed by atoms with Gasteiger partial charge in [0.05, 0.1) is 0 Å². The highest BCUT2D eigenvalue weighted by Crippen LogP contribution is 2.18. The van der Waals surface area contributed by atoms with Gasteiger partial charge < -0.3 is 0 Å². The molecule has 0 radical (unpaired) electrons. The predicted octanol–water partition coefficient (Wildman–Crippen LogP) is 3.42. The Balaban J connectivity index is 2.00. The van der Waals surface area contributed by atoms with Crippen LogP contribution in [0.5, 0.6) is 0 Å². The molecule has 2 rings (SSSR count). The number of benzene rings is 2. The van der Waals surface area contributed by atoms with E-state index >= 15 is 0 Å². The number of fused-ring (bicyclic) bond motifs is 1. The van der Waals surface area contributed by atoms with E-state index in [4.69, 9.17) is 0 Å². The second-order valence-electron chi connectivity index (χ2n) is 3.86. The van der Waals surface area contributed by atoms with Crippen molar-refractivity contribution in [3.05, 3.63) is 48.0 Å². The molecule has 0 atom stereocenters. The average Bonchev–Trinajstić information content (AvgIpc) is 2.33. The molecule has 0 heterocycles. The predicted molar refractivity (Wildman–Crippen MR) is 62.8 cm³/mol. The number of hydrogen-bond donors (Lipinski definition) is 1. The molecule has 2 aromatic rings. The molecule has 5 heteroatoms. The van der Waals surface area contributed by atoms with Crippen LogP contribution in [0.3, 0.4) is 0 Å². The number of hydroxylamine groups is 1. The standard InChI is InChI=1S/C13H12F3NO/c14-13(15,16)9-18-17-8-11-6-3-5-10-4-1-2-7-12(10)11/h1-7,17H,8-9H2. The first-order valence-electron chi connectivity index (χ1n) is 5.44. The van der Waals surface area contributed by atoms with Crippen molar-refractivity contribution in [2.75, 3.05) is 6.61 Å². The molecular weight excluding hydrogens is 243 g/mol. The summed E-state index contributed by atoms with van der Waals surface area (Å²) in [5.41, 5.74) is 3.23. The summed E-state index contributed by atoms with van der Waals surface area (Å²) in [6, 6.07) is 13.4. The number of rotatable bonds is 4. The summed E-state index contributed by atoms with van der Waals surface area (Å²) in [5.74, 6) is 0. The van der Waals surface area contributed by atoms with Gasteiger partial charge in [0.2, 0.25) is 0 Å². The summed E-state index contributed by atoms with van der Waals surface area (Å²) in [4.78, 5) is 4.38. The summed E-state index contributed by atoms with van der Waals surface area (Å²) in [6.45, 7) is -1.06. The van der Waals surface area contributed by atoms with Crippen LogP contribution >= 0.6 is 0 Å². The van der Waals surface area contributed by atoms with Gasteiger partial charge >= 0.3 is 6.18 Å². The van der Waals surface area contributed by atoms with E-state index in [-0.39, 0.29) is 6.54 Å². The smallest absolute Gasteiger partial charge is 0.292 e. The van der Waals surface area contributed by atoms with Crippen LogP contribution in [-0.4, -0.2) is 12.8 Å². The molecule has 0 saturated heterocycles. The van der Waals surface area contributed by atoms with Gasteiger partial charge in [-0.15, -0.1) is 0 Å². The van der Waals surface area contributed by atoms with Crippen LogP contribution in [0.1, 0.15) is 5.56 Å². The maximum Gasteiger partial charge on any atom is 0.413 e. The Morgan fingerprint density at radius 2 is 1.72 bits per heavy atom. The second kappa shape index (κ2) is 5.37. The lowest BCUT2D eigenvalue weighted by Gasteiger charge is -2.10. The second-order valence-corrected chi connectivity index (χ2v) is 3.86. The van der Waals surface area contributed by atoms with Crippen LogP contribution in [0, 0.1) is 0 Å². The summed E-state index contributed by atoms with van der Waals surface area (Å²) in [6.07, 6.45) is -4.31. The van der Waals surface area contributed by atoms with Gasteiger partial charge in [0.25, 0.3) is 0 Å². The average molecular weight is 255 g/mol. The lowest BCUT2D eigenvalue weighted by molar-refractivity contribution is -0.190. The Hall–Kier alpha value is -1.59. The zero-order valence-corrected chi connectivity index (χ0v) is 9.50. The van der Waals surface area contributed by atoms with E-state index in [0.717, 1.165) is 16.3 Å². The van der Waals surface area contributed by atoms with Gasteiger partial charge in [-0.3, -0.25) is 4.84 Å². The molecule has 0 bridgehead atoms. The van der Waals surface area contributed by atoms with Gasteiger partial charge in [-0.1, -0.05) is 42.5 Å². The van der Waals surface area contributed by atoms with E-state index in [0.29, 0.717) is 0 Å². The largest absolute Gasteiger partial charge is 0.413 e. The van der Waals surface area contributed by atoms with Crippen molar-refractivity contribution in [1.29, 1.82) is 0 Å². The Morgan fingerprint density at radius 1 is 1.00 bits per heavy atom. The molecule has 18 heavy (non-hydrogen) atoms. The summed E-state index contributed by atoms with van der Waals surface area (Å²) in [7, 11) is 0. The number of halogens is 3. The third-order valence-corrected chi connectivity index (χ3v) is 2.48. The number of hydrogen-bond acceptors (Lipinski definition) is 2. The van der Waals surface area contributed by atoms with Crippen molar-refractivity contribution in [2.24, 2.45) is 0 Å². The van der Waals surface area contributed by atoms with Crippen LogP contribution in [0.2, 0.25) is 0 Å². The normalized spacial score (nSPS) is 11.9. The van der Waals surface area contributed by atoms with Crippen molar-refractivity contribution in [1.82, 2.24) is 5.48 Å². The quantitative estimate of drug-likeness (QED) is 0.667. The monoisotopic (exact) mass is 255 g/mol. The first-order chi connectivity index (χ1) is 8.56. The van der Waals surface area contributed by atoms with Gasteiger partial charge in [0.15, 0.2) is 6.61 Å². The number of alkyl halides is 3. The molecule has 0 amide bonds. The molecule has 0 aliphatic rings. The molecule has 96 valence electrons. The fraction of sp³-hybridized carbons (Fsp3) is 0.231. The SMILES string of the molecule is FC(F)(F)CONCc1cccc2ccccc12. The van der Waals surface area contributed by atoms with Crippen LogP contribution in [0.25, 0.3) is 10.8 Å². The molecule has 0 aliphatic carbocycles. The van der Waals surface area contributed by atoms with Crippen molar-refractivity contribution in [3.63, 3.8) is 0 Å². The first kappa shape index (κ1) is 12.9. The third-order valence-electron chi connectivity index (χ3n) is 2.48. The van der Waals surface area contributed by atoms with Crippen LogP contribution in [-0.2, 0) is 11.4 Å². The highest BCUT2D eigenvalue weighted by atomic mass is 19.4. The van der Waals surface area contributed by atoms with Gasteiger partial charge in [0.1, 0.15) is 0 Å². The van der Waals surface area contributed by atoms with Crippen molar-refractivity contribution >= 4 is 10.8 Å². The summed E-state index contributed by atoms with van der Waals surface area (Å²) < 4.78 is 35.6. The molecule has 0 spiro atoms. The minimum atomic E-state index is -4.31. The Bertz CT molecular complexity index is 520. The highest BCUT2D eigenvalue weighted by molar-refractivity contribution is 5.85. The molecule has 0 aromatic heterocycles. The van der Waals surface area contributed by atoms with E-state index < -0.39 is 12.8 Å². The summed E-state index contributed by atoms with van der Waals surface area (Å²) in [5, 5.41) is 2.05. The topological polar surface area (TPSA) is 21.3 Å².